The summed E-state index contributed by atoms with van der Waals surface area (Å²) in [4.78, 5) is 2.42. The standard InChI is InChI=1S/C10H11F4NO/c1-3-4-5(2)16-8-6(11)9(13)15-10(14)7(8)12/h5H,3-4H2,1-2H3. The number of pyridine rings is 1. The quantitative estimate of drug-likeness (QED) is 0.592. The van der Waals surface area contributed by atoms with Crippen molar-refractivity contribution in [3.63, 3.8) is 0 Å². The summed E-state index contributed by atoms with van der Waals surface area (Å²) >= 11 is 0. The van der Waals surface area contributed by atoms with Gasteiger partial charge in [0, 0.05) is 0 Å². The largest absolute Gasteiger partial charge is 0.484 e. The first-order valence-electron chi connectivity index (χ1n) is 4.84. The zero-order chi connectivity index (χ0) is 12.3. The Hall–Kier alpha value is -1.33. The first-order chi connectivity index (χ1) is 7.47. The Kier molecular flexibility index (Phi) is 4.09. The summed E-state index contributed by atoms with van der Waals surface area (Å²) in [6.45, 7) is 3.40. The highest BCUT2D eigenvalue weighted by Crippen LogP contribution is 2.26. The van der Waals surface area contributed by atoms with Crippen LogP contribution in [0.3, 0.4) is 0 Å². The van der Waals surface area contributed by atoms with Crippen molar-refractivity contribution in [3.8, 4) is 5.75 Å². The second-order valence-electron chi connectivity index (χ2n) is 3.37. The van der Waals surface area contributed by atoms with E-state index in [0.29, 0.717) is 6.42 Å². The molecule has 1 rings (SSSR count). The van der Waals surface area contributed by atoms with Crippen molar-refractivity contribution in [2.75, 3.05) is 0 Å². The van der Waals surface area contributed by atoms with Gasteiger partial charge < -0.3 is 4.74 Å². The van der Waals surface area contributed by atoms with E-state index >= 15 is 0 Å². The fraction of sp³-hybridized carbons (Fsp3) is 0.500. The number of nitrogens with zero attached hydrogens (tertiary/aromatic N) is 1. The van der Waals surface area contributed by atoms with Gasteiger partial charge in [-0.25, -0.2) is 0 Å². The van der Waals surface area contributed by atoms with Crippen molar-refractivity contribution in [3.05, 3.63) is 23.5 Å². The summed E-state index contributed by atoms with van der Waals surface area (Å²) in [5.41, 5.74) is 0. The maximum atomic E-state index is 13.1. The Labute approximate surface area is 90.3 Å². The molecule has 0 aliphatic rings. The van der Waals surface area contributed by atoms with Gasteiger partial charge in [-0.15, -0.1) is 0 Å². The Bertz CT molecular complexity index is 357. The van der Waals surface area contributed by atoms with E-state index in [1.54, 1.807) is 6.92 Å². The lowest BCUT2D eigenvalue weighted by Crippen LogP contribution is -2.15. The van der Waals surface area contributed by atoms with E-state index in [9.17, 15) is 17.6 Å². The van der Waals surface area contributed by atoms with Gasteiger partial charge in [0.1, 0.15) is 0 Å². The fourth-order valence-electron chi connectivity index (χ4n) is 1.24. The number of hydrogen-bond acceptors (Lipinski definition) is 2. The fourth-order valence-corrected chi connectivity index (χ4v) is 1.24. The average Bonchev–Trinajstić information content (AvgIpc) is 2.22. The van der Waals surface area contributed by atoms with E-state index in [2.05, 4.69) is 4.98 Å². The minimum Gasteiger partial charge on any atom is -0.484 e. The van der Waals surface area contributed by atoms with Gasteiger partial charge in [-0.1, -0.05) is 13.3 Å². The normalized spacial score (nSPS) is 12.6. The van der Waals surface area contributed by atoms with E-state index in [1.165, 1.54) is 0 Å². The molecule has 0 saturated carbocycles. The van der Waals surface area contributed by atoms with Crippen LogP contribution in [-0.2, 0) is 0 Å². The van der Waals surface area contributed by atoms with Crippen LogP contribution in [0.15, 0.2) is 0 Å². The Morgan fingerprint density at radius 2 is 1.62 bits per heavy atom. The molecule has 1 aromatic heterocycles. The molecule has 0 saturated heterocycles. The van der Waals surface area contributed by atoms with Gasteiger partial charge >= 0.3 is 0 Å². The summed E-state index contributed by atoms with van der Waals surface area (Å²) in [5, 5.41) is 0. The number of hydrogen-bond donors (Lipinski definition) is 0. The van der Waals surface area contributed by atoms with Gasteiger partial charge in [0.25, 0.3) is 11.9 Å². The van der Waals surface area contributed by atoms with E-state index in [1.807, 2.05) is 6.92 Å². The molecule has 0 bridgehead atoms. The summed E-state index contributed by atoms with van der Waals surface area (Å²) in [5.74, 6) is -7.69. The van der Waals surface area contributed by atoms with Crippen molar-refractivity contribution < 1.29 is 22.3 Å². The summed E-state index contributed by atoms with van der Waals surface area (Å²) in [6, 6.07) is 0. The van der Waals surface area contributed by atoms with Crippen LogP contribution in [0.25, 0.3) is 0 Å². The number of aromatic nitrogens is 1. The Balaban J connectivity index is 3.03. The molecule has 6 heteroatoms. The zero-order valence-electron chi connectivity index (χ0n) is 8.86. The topological polar surface area (TPSA) is 22.1 Å². The SMILES string of the molecule is CCCC(C)Oc1c(F)c(F)nc(F)c1F. The van der Waals surface area contributed by atoms with Gasteiger partial charge in [0.05, 0.1) is 6.10 Å². The first kappa shape index (κ1) is 12.7. The van der Waals surface area contributed by atoms with Crippen LogP contribution < -0.4 is 4.74 Å². The van der Waals surface area contributed by atoms with Crippen LogP contribution in [-0.4, -0.2) is 11.1 Å². The third-order valence-corrected chi connectivity index (χ3v) is 1.97. The van der Waals surface area contributed by atoms with Gasteiger partial charge in [-0.05, 0) is 13.3 Å². The van der Waals surface area contributed by atoms with Crippen LogP contribution in [0, 0.1) is 23.5 Å². The molecule has 0 spiro atoms. The lowest BCUT2D eigenvalue weighted by atomic mass is 10.2. The monoisotopic (exact) mass is 237 g/mol. The molecule has 2 nitrogen and oxygen atoms in total. The lowest BCUT2D eigenvalue weighted by Gasteiger charge is -2.14. The van der Waals surface area contributed by atoms with E-state index < -0.39 is 35.4 Å². The Morgan fingerprint density at radius 1 is 1.12 bits per heavy atom. The van der Waals surface area contributed by atoms with Gasteiger partial charge in [0.15, 0.2) is 0 Å². The smallest absolute Gasteiger partial charge is 0.255 e. The molecule has 0 fully saturated rings. The molecule has 0 aliphatic heterocycles. The van der Waals surface area contributed by atoms with E-state index in [4.69, 9.17) is 4.74 Å². The molecule has 1 unspecified atom stereocenters. The minimum atomic E-state index is -1.71. The molecule has 0 aliphatic carbocycles. The van der Waals surface area contributed by atoms with Gasteiger partial charge in [-0.3, -0.25) is 0 Å². The minimum absolute atomic E-state index is 0.518. The van der Waals surface area contributed by atoms with Crippen LogP contribution in [0.2, 0.25) is 0 Å². The molecule has 1 atom stereocenters. The first-order valence-corrected chi connectivity index (χ1v) is 4.84. The summed E-state index contributed by atoms with van der Waals surface area (Å²) in [7, 11) is 0. The predicted octanol–water partition coefficient (Wildman–Crippen LogP) is 3.21. The number of ether oxygens (including phenoxy) is 1. The second-order valence-corrected chi connectivity index (χ2v) is 3.37. The van der Waals surface area contributed by atoms with Crippen molar-refractivity contribution in [2.24, 2.45) is 0 Å². The second kappa shape index (κ2) is 5.14. The molecule has 90 valence electrons. The van der Waals surface area contributed by atoms with Crippen LogP contribution in [0.1, 0.15) is 26.7 Å². The molecule has 0 amide bonds. The molecule has 16 heavy (non-hydrogen) atoms. The summed E-state index contributed by atoms with van der Waals surface area (Å²) in [6.07, 6.45) is 0.709. The van der Waals surface area contributed by atoms with Crippen molar-refractivity contribution in [1.82, 2.24) is 4.98 Å². The molecule has 0 radical (unpaired) electrons. The van der Waals surface area contributed by atoms with E-state index in [0.717, 1.165) is 6.42 Å². The maximum Gasteiger partial charge on any atom is 0.255 e. The highest BCUT2D eigenvalue weighted by Gasteiger charge is 2.23. The molecular formula is C10H11F4NO. The third-order valence-electron chi connectivity index (χ3n) is 1.97. The van der Waals surface area contributed by atoms with Crippen LogP contribution >= 0.6 is 0 Å². The Morgan fingerprint density at radius 3 is 2.06 bits per heavy atom. The van der Waals surface area contributed by atoms with Crippen molar-refractivity contribution in [2.45, 2.75) is 32.8 Å². The molecule has 1 heterocycles. The third kappa shape index (κ3) is 2.62. The number of halogens is 4. The predicted molar refractivity (Wildman–Crippen MR) is 49.1 cm³/mol. The number of rotatable bonds is 4. The molecule has 1 aromatic rings. The summed E-state index contributed by atoms with van der Waals surface area (Å²) < 4.78 is 56.3. The van der Waals surface area contributed by atoms with Gasteiger partial charge in [0.2, 0.25) is 17.4 Å². The van der Waals surface area contributed by atoms with Crippen molar-refractivity contribution >= 4 is 0 Å². The van der Waals surface area contributed by atoms with Crippen molar-refractivity contribution in [1.29, 1.82) is 0 Å². The zero-order valence-corrected chi connectivity index (χ0v) is 8.86. The van der Waals surface area contributed by atoms with Gasteiger partial charge in [-0.2, -0.15) is 22.5 Å². The maximum absolute atomic E-state index is 13.1. The highest BCUT2D eigenvalue weighted by atomic mass is 19.2. The molecule has 0 aromatic carbocycles. The van der Waals surface area contributed by atoms with E-state index in [-0.39, 0.29) is 0 Å². The molecule has 0 N–H and O–H groups in total. The molecular weight excluding hydrogens is 226 g/mol. The van der Waals surface area contributed by atoms with Crippen LogP contribution in [0.4, 0.5) is 17.6 Å². The lowest BCUT2D eigenvalue weighted by molar-refractivity contribution is 0.183. The van der Waals surface area contributed by atoms with Crippen LogP contribution in [0.5, 0.6) is 5.75 Å². The average molecular weight is 237 g/mol. The highest BCUT2D eigenvalue weighted by molar-refractivity contribution is 5.24.